The van der Waals surface area contributed by atoms with Gasteiger partial charge in [0.2, 0.25) is 11.8 Å². The number of hydrogen-bond acceptors (Lipinski definition) is 2. The predicted octanol–water partition coefficient (Wildman–Crippen LogP) is 7.89. The van der Waals surface area contributed by atoms with Crippen LogP contribution in [0.4, 0.5) is 0 Å². The lowest BCUT2D eigenvalue weighted by Gasteiger charge is -2.59. The molecule has 0 aliphatic heterocycles. The van der Waals surface area contributed by atoms with Crippen molar-refractivity contribution in [1.29, 1.82) is 0 Å². The first kappa shape index (κ1) is 30.1. The molecule has 2 amide bonds. The van der Waals surface area contributed by atoms with Crippen molar-refractivity contribution in [2.75, 3.05) is 11.9 Å². The van der Waals surface area contributed by atoms with E-state index in [0.29, 0.717) is 12.0 Å². The summed E-state index contributed by atoms with van der Waals surface area (Å²) in [6, 6.07) is 0.250. The van der Waals surface area contributed by atoms with Crippen LogP contribution in [0.1, 0.15) is 118 Å². The molecule has 0 aromatic heterocycles. The number of alkyl halides is 1. The van der Waals surface area contributed by atoms with Crippen molar-refractivity contribution in [3.8, 4) is 0 Å². The van der Waals surface area contributed by atoms with Gasteiger partial charge in [0.05, 0.1) is 0 Å². The molecule has 0 bridgehead atoms. The largest absolute Gasteiger partial charge is 0.370 e. The monoisotopic (exact) mass is 590 g/mol. The van der Waals surface area contributed by atoms with Gasteiger partial charge in [-0.25, -0.2) is 0 Å². The zero-order valence-electron chi connectivity index (χ0n) is 24.9. The van der Waals surface area contributed by atoms with E-state index in [-0.39, 0.29) is 30.2 Å². The number of carbonyl (C=O) groups excluding carboxylic acids is 2. The average molecular weight is 592 g/mol. The molecular formula is C33H55BrN2O2. The van der Waals surface area contributed by atoms with E-state index in [1.165, 1.54) is 57.8 Å². The predicted molar refractivity (Wildman–Crippen MR) is 161 cm³/mol. The summed E-state index contributed by atoms with van der Waals surface area (Å²) in [4.78, 5) is 26.4. The summed E-state index contributed by atoms with van der Waals surface area (Å²) in [5, 5.41) is 0.768. The van der Waals surface area contributed by atoms with Crippen molar-refractivity contribution in [2.45, 2.75) is 124 Å². The Hall–Kier alpha value is -0.840. The molecule has 4 unspecified atom stereocenters. The molecule has 2 N–H and O–H groups in total. The van der Waals surface area contributed by atoms with Gasteiger partial charge in [0, 0.05) is 30.8 Å². The van der Waals surface area contributed by atoms with E-state index in [4.69, 9.17) is 5.73 Å². The number of amides is 2. The molecule has 0 heterocycles. The molecule has 0 aromatic carbocycles. The molecule has 4 aliphatic carbocycles. The molecule has 3 saturated carbocycles. The molecule has 3 fully saturated rings. The maximum atomic E-state index is 13.0. The summed E-state index contributed by atoms with van der Waals surface area (Å²) < 4.78 is 0. The van der Waals surface area contributed by atoms with E-state index in [1.54, 1.807) is 5.57 Å². The van der Waals surface area contributed by atoms with Crippen LogP contribution in [0.5, 0.6) is 0 Å². The van der Waals surface area contributed by atoms with Crippen LogP contribution in [0.15, 0.2) is 11.6 Å². The fourth-order valence-corrected chi connectivity index (χ4v) is 10.3. The number of carbonyl (C=O) groups is 2. The highest BCUT2D eigenvalue weighted by Gasteiger charge is 2.59. The van der Waals surface area contributed by atoms with Gasteiger partial charge in [-0.2, -0.15) is 0 Å². The van der Waals surface area contributed by atoms with Crippen LogP contribution in [0.3, 0.4) is 0 Å². The van der Waals surface area contributed by atoms with Crippen molar-refractivity contribution in [2.24, 2.45) is 52.1 Å². The van der Waals surface area contributed by atoms with E-state index in [2.05, 4.69) is 56.6 Å². The number of nitrogens with zero attached hydrogens (tertiary/aromatic N) is 1. The molecule has 8 atom stereocenters. The second kappa shape index (κ2) is 12.4. The summed E-state index contributed by atoms with van der Waals surface area (Å²) in [6.07, 6.45) is 17.4. The van der Waals surface area contributed by atoms with E-state index in [1.807, 2.05) is 4.90 Å². The minimum absolute atomic E-state index is 0.0825. The van der Waals surface area contributed by atoms with Gasteiger partial charge >= 0.3 is 0 Å². The number of primary amides is 1. The number of halogens is 1. The lowest BCUT2D eigenvalue weighted by Crippen LogP contribution is -2.53. The first-order valence-corrected chi connectivity index (χ1v) is 17.0. The van der Waals surface area contributed by atoms with Crippen LogP contribution in [0.25, 0.3) is 0 Å². The molecule has 0 radical (unpaired) electrons. The van der Waals surface area contributed by atoms with E-state index < -0.39 is 5.91 Å². The van der Waals surface area contributed by atoms with Crippen molar-refractivity contribution >= 4 is 27.7 Å². The van der Waals surface area contributed by atoms with Gasteiger partial charge in [0.1, 0.15) is 0 Å². The van der Waals surface area contributed by atoms with E-state index in [0.717, 1.165) is 53.7 Å². The Morgan fingerprint density at radius 2 is 1.82 bits per heavy atom. The Labute approximate surface area is 241 Å². The average Bonchev–Trinajstić information content (AvgIpc) is 3.22. The third-order valence-corrected chi connectivity index (χ3v) is 12.3. The molecule has 5 heteroatoms. The molecule has 0 saturated heterocycles. The molecule has 4 nitrogen and oxygen atoms in total. The maximum absolute atomic E-state index is 13.0. The van der Waals surface area contributed by atoms with Crippen LogP contribution in [0, 0.1) is 46.3 Å². The van der Waals surface area contributed by atoms with Crippen molar-refractivity contribution in [3.63, 3.8) is 0 Å². The molecular weight excluding hydrogens is 536 g/mol. The molecule has 4 rings (SSSR count). The smallest absolute Gasteiger partial charge is 0.223 e. The Kier molecular flexibility index (Phi) is 9.79. The van der Waals surface area contributed by atoms with Crippen molar-refractivity contribution in [1.82, 2.24) is 4.90 Å². The first-order chi connectivity index (χ1) is 18.0. The van der Waals surface area contributed by atoms with Gasteiger partial charge in [-0.3, -0.25) is 9.59 Å². The molecule has 0 aromatic rings. The topological polar surface area (TPSA) is 63.4 Å². The lowest BCUT2D eigenvalue weighted by molar-refractivity contribution is -0.136. The Bertz CT molecular complexity index is 886. The van der Waals surface area contributed by atoms with Gasteiger partial charge in [-0.05, 0) is 97.7 Å². The summed E-state index contributed by atoms with van der Waals surface area (Å²) in [7, 11) is 0. The fraction of sp³-hybridized carbons (Fsp3) is 0.879. The van der Waals surface area contributed by atoms with Gasteiger partial charge in [0.25, 0.3) is 0 Å². The Morgan fingerprint density at radius 1 is 1.05 bits per heavy atom. The van der Waals surface area contributed by atoms with Crippen LogP contribution in [-0.2, 0) is 9.59 Å². The third kappa shape index (κ3) is 5.93. The van der Waals surface area contributed by atoms with Crippen molar-refractivity contribution in [3.05, 3.63) is 11.6 Å². The molecule has 0 spiro atoms. The third-order valence-electron chi connectivity index (χ3n) is 12.0. The SMILES string of the molecule is CC(C)CCC[C@@H](C)[C@H]1CCC2C3CC=C4CC(N(CCBr)C(=O)CCC(N)=O)CC[C@]4(C)C3CC[C@@]21C. The van der Waals surface area contributed by atoms with Gasteiger partial charge in [-0.1, -0.05) is 81.5 Å². The Balaban J connectivity index is 1.45. The van der Waals surface area contributed by atoms with Gasteiger partial charge in [0.15, 0.2) is 0 Å². The standard InChI is InChI=1S/C33H55BrN2O2/c1-22(2)7-6-8-23(3)27-11-12-28-26-10-9-24-21-25(36(20-19-34)31(38)14-13-30(35)37)15-17-32(24,4)29(26)16-18-33(27,28)5/h9,22-23,25-29H,6-8,10-21H2,1-5H3,(H2,35,37)/t23-,25?,26?,27-,28?,29?,32+,33-/m1/s1. The lowest BCUT2D eigenvalue weighted by atomic mass is 9.46. The zero-order valence-corrected chi connectivity index (χ0v) is 26.5. The van der Waals surface area contributed by atoms with Crippen LogP contribution >= 0.6 is 15.9 Å². The fourth-order valence-electron chi connectivity index (χ4n) is 9.91. The van der Waals surface area contributed by atoms with Crippen LogP contribution < -0.4 is 5.73 Å². The summed E-state index contributed by atoms with van der Waals surface area (Å²) in [6.45, 7) is 13.2. The number of fused-ring (bicyclic) bond motifs is 5. The molecule has 4 aliphatic rings. The highest BCUT2D eigenvalue weighted by molar-refractivity contribution is 9.09. The van der Waals surface area contributed by atoms with Crippen LogP contribution in [0.2, 0.25) is 0 Å². The number of nitrogens with two attached hydrogens (primary N) is 1. The molecule has 216 valence electrons. The normalized spacial score (nSPS) is 37.1. The summed E-state index contributed by atoms with van der Waals surface area (Å²) >= 11 is 3.56. The quantitative estimate of drug-likeness (QED) is 0.196. The van der Waals surface area contributed by atoms with Crippen molar-refractivity contribution < 1.29 is 9.59 Å². The minimum Gasteiger partial charge on any atom is -0.370 e. The Morgan fingerprint density at radius 3 is 2.50 bits per heavy atom. The number of allylic oxidation sites excluding steroid dienone is 1. The number of hydrogen-bond donors (Lipinski definition) is 1. The van der Waals surface area contributed by atoms with E-state index in [9.17, 15) is 9.59 Å². The highest BCUT2D eigenvalue weighted by Crippen LogP contribution is 2.67. The summed E-state index contributed by atoms with van der Waals surface area (Å²) in [5.74, 6) is 4.79. The maximum Gasteiger partial charge on any atom is 0.223 e. The van der Waals surface area contributed by atoms with Gasteiger partial charge < -0.3 is 10.6 Å². The first-order valence-electron chi connectivity index (χ1n) is 15.8. The van der Waals surface area contributed by atoms with Gasteiger partial charge in [-0.15, -0.1) is 0 Å². The highest BCUT2D eigenvalue weighted by atomic mass is 79.9. The molecule has 38 heavy (non-hydrogen) atoms. The second-order valence-corrected chi connectivity index (χ2v) is 15.2. The van der Waals surface area contributed by atoms with Crippen LogP contribution in [-0.4, -0.2) is 34.6 Å². The van der Waals surface area contributed by atoms with E-state index >= 15 is 0 Å². The second-order valence-electron chi connectivity index (χ2n) is 14.4. The minimum atomic E-state index is -0.391. The summed E-state index contributed by atoms with van der Waals surface area (Å²) in [5.41, 5.74) is 7.77. The zero-order chi connectivity index (χ0) is 27.7. The number of rotatable bonds is 11.